The molecule has 1 amide bonds. The SMILES string of the molecule is CCNC(=NCCCCN1CCC(C(N)=O)CC1)NCCSC. The summed E-state index contributed by atoms with van der Waals surface area (Å²) in [7, 11) is 0. The topological polar surface area (TPSA) is 82.8 Å². The molecule has 1 saturated heterocycles. The Bertz CT molecular complexity index is 356. The molecule has 4 N–H and O–H groups in total. The largest absolute Gasteiger partial charge is 0.369 e. The number of carbonyl (C=O) groups is 1. The van der Waals surface area contributed by atoms with Crippen molar-refractivity contribution in [1.82, 2.24) is 15.5 Å². The summed E-state index contributed by atoms with van der Waals surface area (Å²) in [5, 5.41) is 6.61. The first-order valence-electron chi connectivity index (χ1n) is 8.70. The summed E-state index contributed by atoms with van der Waals surface area (Å²) < 4.78 is 0. The molecule has 0 bridgehead atoms. The first-order chi connectivity index (χ1) is 11.2. The van der Waals surface area contributed by atoms with Gasteiger partial charge in [0.15, 0.2) is 5.96 Å². The van der Waals surface area contributed by atoms with Gasteiger partial charge in [-0.15, -0.1) is 0 Å². The van der Waals surface area contributed by atoms with Crippen LogP contribution in [0.1, 0.15) is 32.6 Å². The molecule has 6 nitrogen and oxygen atoms in total. The number of piperidine rings is 1. The molecule has 134 valence electrons. The van der Waals surface area contributed by atoms with E-state index in [0.29, 0.717) is 0 Å². The number of nitrogens with zero attached hydrogens (tertiary/aromatic N) is 2. The minimum atomic E-state index is -0.135. The van der Waals surface area contributed by atoms with Gasteiger partial charge in [0.2, 0.25) is 5.91 Å². The van der Waals surface area contributed by atoms with E-state index in [1.165, 1.54) is 0 Å². The number of carbonyl (C=O) groups excluding carboxylic acids is 1. The fraction of sp³-hybridized carbons (Fsp3) is 0.875. The van der Waals surface area contributed by atoms with Crippen molar-refractivity contribution in [3.05, 3.63) is 0 Å². The zero-order valence-corrected chi connectivity index (χ0v) is 15.5. The third-order valence-corrected chi connectivity index (χ3v) is 4.70. The van der Waals surface area contributed by atoms with Gasteiger partial charge in [-0.2, -0.15) is 11.8 Å². The minimum Gasteiger partial charge on any atom is -0.369 e. The van der Waals surface area contributed by atoms with Crippen LogP contribution in [0.5, 0.6) is 0 Å². The minimum absolute atomic E-state index is 0.0888. The van der Waals surface area contributed by atoms with Crippen LogP contribution in [-0.4, -0.2) is 68.0 Å². The quantitative estimate of drug-likeness (QED) is 0.312. The van der Waals surface area contributed by atoms with Crippen LogP contribution in [0, 0.1) is 5.92 Å². The molecule has 7 heteroatoms. The number of nitrogens with two attached hydrogens (primary N) is 1. The van der Waals surface area contributed by atoms with Crippen LogP contribution in [0.15, 0.2) is 4.99 Å². The molecule has 0 aromatic heterocycles. The number of hydrogen-bond donors (Lipinski definition) is 3. The van der Waals surface area contributed by atoms with E-state index in [1.807, 2.05) is 11.8 Å². The number of likely N-dealkylation sites (tertiary alicyclic amines) is 1. The standard InChI is InChI=1S/C16H33N5OS/c1-3-18-16(20-9-13-23-2)19-8-4-5-10-21-11-6-14(7-12-21)15(17)22/h14H,3-13H2,1-2H3,(H2,17,22)(H2,18,19,20). The van der Waals surface area contributed by atoms with Crippen molar-refractivity contribution in [2.45, 2.75) is 32.6 Å². The second-order valence-corrected chi connectivity index (χ2v) is 6.89. The van der Waals surface area contributed by atoms with Gasteiger partial charge in [0.25, 0.3) is 0 Å². The van der Waals surface area contributed by atoms with Crippen LogP contribution in [-0.2, 0) is 4.79 Å². The van der Waals surface area contributed by atoms with Crippen molar-refractivity contribution in [2.75, 3.05) is 51.3 Å². The molecule has 0 aromatic rings. The monoisotopic (exact) mass is 343 g/mol. The molecule has 0 aliphatic carbocycles. The molecule has 0 atom stereocenters. The van der Waals surface area contributed by atoms with Crippen molar-refractivity contribution >= 4 is 23.6 Å². The van der Waals surface area contributed by atoms with Crippen LogP contribution in [0.25, 0.3) is 0 Å². The van der Waals surface area contributed by atoms with Crippen molar-refractivity contribution in [3.63, 3.8) is 0 Å². The van der Waals surface area contributed by atoms with Gasteiger partial charge >= 0.3 is 0 Å². The van der Waals surface area contributed by atoms with E-state index in [9.17, 15) is 4.79 Å². The van der Waals surface area contributed by atoms with E-state index >= 15 is 0 Å². The summed E-state index contributed by atoms with van der Waals surface area (Å²) in [4.78, 5) is 18.2. The van der Waals surface area contributed by atoms with E-state index in [1.54, 1.807) is 0 Å². The molecule has 1 fully saturated rings. The second-order valence-electron chi connectivity index (χ2n) is 5.91. The van der Waals surface area contributed by atoms with Crippen molar-refractivity contribution in [3.8, 4) is 0 Å². The molecular weight excluding hydrogens is 310 g/mol. The van der Waals surface area contributed by atoms with Gasteiger partial charge in [-0.1, -0.05) is 0 Å². The van der Waals surface area contributed by atoms with Gasteiger partial charge < -0.3 is 21.3 Å². The van der Waals surface area contributed by atoms with Gasteiger partial charge in [0, 0.05) is 31.3 Å². The van der Waals surface area contributed by atoms with E-state index < -0.39 is 0 Å². The fourth-order valence-corrected chi connectivity index (χ4v) is 3.00. The Labute approximate surface area is 145 Å². The molecule has 0 radical (unpaired) electrons. The maximum absolute atomic E-state index is 11.1. The van der Waals surface area contributed by atoms with Gasteiger partial charge in [-0.05, 0) is 58.5 Å². The predicted molar refractivity (Wildman–Crippen MR) is 100.0 cm³/mol. The number of nitrogens with one attached hydrogen (secondary N) is 2. The van der Waals surface area contributed by atoms with E-state index in [2.05, 4.69) is 33.7 Å². The Hall–Kier alpha value is -0.950. The summed E-state index contributed by atoms with van der Waals surface area (Å²) in [6, 6.07) is 0. The summed E-state index contributed by atoms with van der Waals surface area (Å²) in [5.74, 6) is 1.96. The van der Waals surface area contributed by atoms with Gasteiger partial charge in [0.1, 0.15) is 0 Å². The summed E-state index contributed by atoms with van der Waals surface area (Å²) in [6.45, 7) is 7.86. The summed E-state index contributed by atoms with van der Waals surface area (Å²) in [5.41, 5.74) is 5.36. The highest BCUT2D eigenvalue weighted by Gasteiger charge is 2.22. The number of unbranched alkanes of at least 4 members (excludes halogenated alkanes) is 1. The van der Waals surface area contributed by atoms with Crippen molar-refractivity contribution in [1.29, 1.82) is 0 Å². The highest BCUT2D eigenvalue weighted by atomic mass is 32.2. The van der Waals surface area contributed by atoms with Crippen molar-refractivity contribution < 1.29 is 4.79 Å². The molecular formula is C16H33N5OS. The maximum Gasteiger partial charge on any atom is 0.220 e. The lowest BCUT2D eigenvalue weighted by molar-refractivity contribution is -0.123. The number of aliphatic imine (C=N–C) groups is 1. The number of rotatable bonds is 10. The Balaban J connectivity index is 2.13. The van der Waals surface area contributed by atoms with Crippen LogP contribution in [0.4, 0.5) is 0 Å². The molecule has 0 spiro atoms. The van der Waals surface area contributed by atoms with Crippen LogP contribution >= 0.6 is 11.8 Å². The van der Waals surface area contributed by atoms with Crippen LogP contribution in [0.2, 0.25) is 0 Å². The Kier molecular flexibility index (Phi) is 10.9. The lowest BCUT2D eigenvalue weighted by Gasteiger charge is -2.30. The number of guanidine groups is 1. The Morgan fingerprint density at radius 2 is 2.04 bits per heavy atom. The highest BCUT2D eigenvalue weighted by Crippen LogP contribution is 2.16. The molecule has 1 heterocycles. The van der Waals surface area contributed by atoms with Crippen LogP contribution in [0.3, 0.4) is 0 Å². The first kappa shape index (κ1) is 20.1. The highest BCUT2D eigenvalue weighted by molar-refractivity contribution is 7.98. The first-order valence-corrected chi connectivity index (χ1v) is 10.1. The zero-order valence-electron chi connectivity index (χ0n) is 14.6. The van der Waals surface area contributed by atoms with E-state index in [0.717, 1.165) is 76.7 Å². The third kappa shape index (κ3) is 9.05. The molecule has 1 aliphatic heterocycles. The Morgan fingerprint density at radius 1 is 1.30 bits per heavy atom. The summed E-state index contributed by atoms with van der Waals surface area (Å²) in [6.07, 6.45) is 6.18. The third-order valence-electron chi connectivity index (χ3n) is 4.09. The molecule has 0 aromatic carbocycles. The molecule has 1 aliphatic rings. The summed E-state index contributed by atoms with van der Waals surface area (Å²) >= 11 is 1.83. The lowest BCUT2D eigenvalue weighted by Crippen LogP contribution is -2.39. The average Bonchev–Trinajstić information content (AvgIpc) is 2.55. The number of thioether (sulfide) groups is 1. The average molecular weight is 344 g/mol. The molecule has 23 heavy (non-hydrogen) atoms. The second kappa shape index (κ2) is 12.5. The smallest absolute Gasteiger partial charge is 0.220 e. The fourth-order valence-electron chi connectivity index (χ4n) is 2.69. The van der Waals surface area contributed by atoms with E-state index in [4.69, 9.17) is 5.73 Å². The van der Waals surface area contributed by atoms with Gasteiger partial charge in [-0.25, -0.2) is 0 Å². The number of hydrogen-bond acceptors (Lipinski definition) is 4. The van der Waals surface area contributed by atoms with Gasteiger partial charge in [-0.3, -0.25) is 9.79 Å². The number of primary amides is 1. The predicted octanol–water partition coefficient (Wildman–Crippen LogP) is 0.882. The number of amides is 1. The zero-order chi connectivity index (χ0) is 16.9. The van der Waals surface area contributed by atoms with Crippen molar-refractivity contribution in [2.24, 2.45) is 16.6 Å². The normalized spacial score (nSPS) is 17.2. The molecule has 0 saturated carbocycles. The maximum atomic E-state index is 11.1. The van der Waals surface area contributed by atoms with Gasteiger partial charge in [0.05, 0.1) is 0 Å². The van der Waals surface area contributed by atoms with Crippen LogP contribution < -0.4 is 16.4 Å². The Morgan fingerprint density at radius 3 is 2.65 bits per heavy atom. The van der Waals surface area contributed by atoms with E-state index in [-0.39, 0.29) is 11.8 Å². The molecule has 1 rings (SSSR count). The molecule has 0 unspecified atom stereocenters. The lowest BCUT2D eigenvalue weighted by atomic mass is 9.96.